The molecule has 64 valence electrons. The fourth-order valence-corrected chi connectivity index (χ4v) is 1.09. The predicted molar refractivity (Wildman–Crippen MR) is 39.5 cm³/mol. The van der Waals surface area contributed by atoms with Gasteiger partial charge in [-0.15, -0.1) is 0 Å². The standard InChI is InChI=1S/C7H13NO3/c1-5(7(9)10)11-6-2-3-8-4-6/h5-6,8H,2-4H2,1H3,(H,9,10)/t5-,6+/m0/s1. The quantitative estimate of drug-likeness (QED) is 0.600. The smallest absolute Gasteiger partial charge is 0.332 e. The number of hydrogen-bond donors (Lipinski definition) is 2. The first-order valence-corrected chi connectivity index (χ1v) is 3.79. The molecule has 1 aliphatic heterocycles. The molecule has 0 aliphatic carbocycles. The number of hydrogen-bond acceptors (Lipinski definition) is 3. The molecule has 1 rings (SSSR count). The van der Waals surface area contributed by atoms with Gasteiger partial charge in [-0.25, -0.2) is 4.79 Å². The van der Waals surface area contributed by atoms with Gasteiger partial charge in [0.05, 0.1) is 6.10 Å². The summed E-state index contributed by atoms with van der Waals surface area (Å²) in [6, 6.07) is 0. The van der Waals surface area contributed by atoms with Crippen molar-refractivity contribution in [1.29, 1.82) is 0 Å². The van der Waals surface area contributed by atoms with Gasteiger partial charge in [-0.3, -0.25) is 0 Å². The van der Waals surface area contributed by atoms with Crippen molar-refractivity contribution in [3.8, 4) is 0 Å². The highest BCUT2D eigenvalue weighted by Crippen LogP contribution is 2.06. The van der Waals surface area contributed by atoms with E-state index in [-0.39, 0.29) is 6.10 Å². The van der Waals surface area contributed by atoms with Crippen LogP contribution in [0.2, 0.25) is 0 Å². The van der Waals surface area contributed by atoms with Crippen molar-refractivity contribution in [2.24, 2.45) is 0 Å². The van der Waals surface area contributed by atoms with Crippen LogP contribution >= 0.6 is 0 Å². The summed E-state index contributed by atoms with van der Waals surface area (Å²) in [4.78, 5) is 10.3. The van der Waals surface area contributed by atoms with Crippen molar-refractivity contribution in [3.05, 3.63) is 0 Å². The second kappa shape index (κ2) is 3.69. The molecule has 1 heterocycles. The van der Waals surface area contributed by atoms with Gasteiger partial charge in [-0.05, 0) is 19.9 Å². The molecular formula is C7H13NO3. The Kier molecular flexibility index (Phi) is 2.84. The second-order valence-corrected chi connectivity index (χ2v) is 2.73. The Labute approximate surface area is 65.5 Å². The zero-order valence-electron chi connectivity index (χ0n) is 6.54. The Morgan fingerprint density at radius 1 is 1.82 bits per heavy atom. The Morgan fingerprint density at radius 3 is 3.00 bits per heavy atom. The molecule has 0 spiro atoms. The molecule has 0 unspecified atom stereocenters. The summed E-state index contributed by atoms with van der Waals surface area (Å²) in [5.74, 6) is -0.892. The van der Waals surface area contributed by atoms with E-state index in [1.54, 1.807) is 6.92 Å². The molecule has 0 radical (unpaired) electrons. The monoisotopic (exact) mass is 159 g/mol. The van der Waals surface area contributed by atoms with Crippen LogP contribution in [0, 0.1) is 0 Å². The van der Waals surface area contributed by atoms with Crippen molar-refractivity contribution in [2.75, 3.05) is 13.1 Å². The Bertz CT molecular complexity index is 143. The molecule has 0 bridgehead atoms. The number of aliphatic carboxylic acids is 1. The molecule has 0 aromatic rings. The molecular weight excluding hydrogens is 146 g/mol. The van der Waals surface area contributed by atoms with Crippen LogP contribution < -0.4 is 5.32 Å². The molecule has 0 aromatic heterocycles. The van der Waals surface area contributed by atoms with Gasteiger partial charge in [0.1, 0.15) is 0 Å². The van der Waals surface area contributed by atoms with Crippen LogP contribution in [-0.2, 0) is 9.53 Å². The topological polar surface area (TPSA) is 58.6 Å². The first-order chi connectivity index (χ1) is 5.20. The van der Waals surface area contributed by atoms with Gasteiger partial charge in [0, 0.05) is 6.54 Å². The van der Waals surface area contributed by atoms with E-state index in [2.05, 4.69) is 5.32 Å². The average Bonchev–Trinajstić information content (AvgIpc) is 2.39. The van der Waals surface area contributed by atoms with E-state index in [4.69, 9.17) is 9.84 Å². The third kappa shape index (κ3) is 2.48. The molecule has 0 amide bonds. The maximum Gasteiger partial charge on any atom is 0.332 e. The van der Waals surface area contributed by atoms with Gasteiger partial charge >= 0.3 is 5.97 Å². The van der Waals surface area contributed by atoms with E-state index >= 15 is 0 Å². The van der Waals surface area contributed by atoms with E-state index < -0.39 is 12.1 Å². The summed E-state index contributed by atoms with van der Waals surface area (Å²) in [7, 11) is 0. The summed E-state index contributed by atoms with van der Waals surface area (Å²) in [5, 5.41) is 11.6. The largest absolute Gasteiger partial charge is 0.479 e. The Morgan fingerprint density at radius 2 is 2.55 bits per heavy atom. The van der Waals surface area contributed by atoms with Gasteiger partial charge in [0.15, 0.2) is 6.10 Å². The maximum atomic E-state index is 10.3. The number of carboxylic acid groups (broad SMARTS) is 1. The first kappa shape index (κ1) is 8.49. The summed E-state index contributed by atoms with van der Waals surface area (Å²) in [6.07, 6.45) is 0.318. The van der Waals surface area contributed by atoms with Crippen LogP contribution in [0.15, 0.2) is 0 Å². The second-order valence-electron chi connectivity index (χ2n) is 2.73. The van der Waals surface area contributed by atoms with Gasteiger partial charge in [0.25, 0.3) is 0 Å². The number of rotatable bonds is 3. The van der Waals surface area contributed by atoms with Gasteiger partial charge in [-0.2, -0.15) is 0 Å². The van der Waals surface area contributed by atoms with Crippen molar-refractivity contribution in [1.82, 2.24) is 5.32 Å². The number of carboxylic acids is 1. The zero-order chi connectivity index (χ0) is 8.27. The lowest BCUT2D eigenvalue weighted by Gasteiger charge is -2.13. The van der Waals surface area contributed by atoms with Crippen molar-refractivity contribution in [2.45, 2.75) is 25.6 Å². The van der Waals surface area contributed by atoms with Crippen LogP contribution in [-0.4, -0.2) is 36.4 Å². The summed E-state index contributed by atoms with van der Waals surface area (Å²) in [6.45, 7) is 3.26. The fraction of sp³-hybridized carbons (Fsp3) is 0.857. The van der Waals surface area contributed by atoms with Crippen LogP contribution in [0.5, 0.6) is 0 Å². The average molecular weight is 159 g/mol. The molecule has 2 N–H and O–H groups in total. The highest BCUT2D eigenvalue weighted by Gasteiger charge is 2.20. The summed E-state index contributed by atoms with van der Waals surface area (Å²) in [5.41, 5.74) is 0. The minimum Gasteiger partial charge on any atom is -0.479 e. The van der Waals surface area contributed by atoms with E-state index in [1.807, 2.05) is 0 Å². The van der Waals surface area contributed by atoms with E-state index in [1.165, 1.54) is 0 Å². The lowest BCUT2D eigenvalue weighted by Crippen LogP contribution is -2.27. The lowest BCUT2D eigenvalue weighted by molar-refractivity contribution is -0.152. The highest BCUT2D eigenvalue weighted by molar-refractivity contribution is 5.71. The van der Waals surface area contributed by atoms with Gasteiger partial charge in [-0.1, -0.05) is 0 Å². The van der Waals surface area contributed by atoms with Crippen molar-refractivity contribution < 1.29 is 14.6 Å². The number of nitrogens with one attached hydrogen (secondary N) is 1. The lowest BCUT2D eigenvalue weighted by atomic mass is 10.3. The molecule has 2 atom stereocenters. The third-order valence-electron chi connectivity index (χ3n) is 1.76. The van der Waals surface area contributed by atoms with E-state index in [0.29, 0.717) is 0 Å². The van der Waals surface area contributed by atoms with Crippen LogP contribution in [0.3, 0.4) is 0 Å². The third-order valence-corrected chi connectivity index (χ3v) is 1.76. The molecule has 1 aliphatic rings. The number of carbonyl (C=O) groups is 1. The van der Waals surface area contributed by atoms with Crippen molar-refractivity contribution >= 4 is 5.97 Å². The zero-order valence-corrected chi connectivity index (χ0v) is 6.54. The molecule has 4 heteroatoms. The maximum absolute atomic E-state index is 10.3. The molecule has 4 nitrogen and oxygen atoms in total. The number of ether oxygens (including phenoxy) is 1. The SMILES string of the molecule is C[C@H](O[C@@H]1CCNC1)C(=O)O. The molecule has 0 aromatic carbocycles. The molecule has 1 saturated heterocycles. The van der Waals surface area contributed by atoms with Gasteiger partial charge < -0.3 is 15.2 Å². The Balaban J connectivity index is 2.23. The fourth-order valence-electron chi connectivity index (χ4n) is 1.09. The van der Waals surface area contributed by atoms with Crippen LogP contribution in [0.1, 0.15) is 13.3 Å². The van der Waals surface area contributed by atoms with Gasteiger partial charge in [0.2, 0.25) is 0 Å². The minimum atomic E-state index is -0.892. The summed E-state index contributed by atoms with van der Waals surface area (Å²) >= 11 is 0. The molecule has 0 saturated carbocycles. The van der Waals surface area contributed by atoms with Crippen LogP contribution in [0.4, 0.5) is 0 Å². The molecule has 1 fully saturated rings. The van der Waals surface area contributed by atoms with E-state index in [0.717, 1.165) is 19.5 Å². The first-order valence-electron chi connectivity index (χ1n) is 3.79. The highest BCUT2D eigenvalue weighted by atomic mass is 16.5. The summed E-state index contributed by atoms with van der Waals surface area (Å²) < 4.78 is 5.21. The normalized spacial score (nSPS) is 26.8. The van der Waals surface area contributed by atoms with Crippen molar-refractivity contribution in [3.63, 3.8) is 0 Å². The predicted octanol–water partition coefficient (Wildman–Crippen LogP) is -0.162. The van der Waals surface area contributed by atoms with Crippen LogP contribution in [0.25, 0.3) is 0 Å². The minimum absolute atomic E-state index is 0.0844. The Hall–Kier alpha value is -0.610. The molecule has 11 heavy (non-hydrogen) atoms. The van der Waals surface area contributed by atoms with E-state index in [9.17, 15) is 4.79 Å².